The Hall–Kier alpha value is -1.94. The number of rotatable bonds is 8. The van der Waals surface area contributed by atoms with Crippen molar-refractivity contribution < 1.29 is 46.7 Å². The van der Waals surface area contributed by atoms with Gasteiger partial charge in [-0.1, -0.05) is 12.2 Å². The van der Waals surface area contributed by atoms with E-state index in [9.17, 15) is 18.9 Å². The first-order valence-electron chi connectivity index (χ1n) is 6.13. The zero-order valence-electron chi connectivity index (χ0n) is 12.2. The molecule has 0 radical (unpaired) electrons. The molecule has 0 aliphatic carbocycles. The minimum atomic E-state index is -4.11. The molecule has 0 amide bonds. The minimum Gasteiger partial charge on any atom is -0.471 e. The molecule has 0 N–H and O–H groups in total. The van der Waals surface area contributed by atoms with E-state index in [0.717, 1.165) is 7.11 Å². The number of hydrogen-bond acceptors (Lipinski definition) is 10. The molecule has 1 aliphatic heterocycles. The van der Waals surface area contributed by atoms with Crippen LogP contribution in [-0.2, 0) is 46.7 Å². The average molecular weight is 348 g/mol. The van der Waals surface area contributed by atoms with E-state index in [1.807, 2.05) is 0 Å². The highest BCUT2D eigenvalue weighted by Gasteiger charge is 2.56. The second-order valence-corrected chi connectivity index (χ2v) is 5.88. The molecule has 0 aromatic heterocycles. The van der Waals surface area contributed by atoms with E-state index in [1.54, 1.807) is 0 Å². The zero-order valence-corrected chi connectivity index (χ0v) is 13.1. The Balaban J connectivity index is 2.80. The highest BCUT2D eigenvalue weighted by molar-refractivity contribution is 7.55. The quantitative estimate of drug-likeness (QED) is 0.197. The van der Waals surface area contributed by atoms with E-state index in [-0.39, 0.29) is 13.2 Å². The van der Waals surface area contributed by atoms with Crippen LogP contribution in [0.25, 0.3) is 0 Å². The normalized spacial score (nSPS) is 17.3. The SMILES string of the molecule is C=CCOP(=O)(OCC=C)C1OB(OC(=O)C(=O)OC)OC1=O. The molecular formula is C11H14BO10P. The van der Waals surface area contributed by atoms with E-state index >= 15 is 0 Å². The first-order valence-corrected chi connectivity index (χ1v) is 7.74. The predicted molar refractivity (Wildman–Crippen MR) is 74.7 cm³/mol. The fraction of sp³-hybridized carbons (Fsp3) is 0.364. The van der Waals surface area contributed by atoms with Gasteiger partial charge in [-0.05, 0) is 0 Å². The summed E-state index contributed by atoms with van der Waals surface area (Å²) in [5.74, 6) is -5.73. The van der Waals surface area contributed by atoms with E-state index in [2.05, 4.69) is 27.2 Å². The van der Waals surface area contributed by atoms with Crippen LogP contribution >= 0.6 is 7.60 Å². The molecule has 1 saturated heterocycles. The van der Waals surface area contributed by atoms with Gasteiger partial charge in [-0.15, -0.1) is 13.2 Å². The molecule has 1 rings (SSSR count). The summed E-state index contributed by atoms with van der Waals surface area (Å²) in [4.78, 5) is 33.9. The molecule has 0 aromatic rings. The maximum atomic E-state index is 12.6. The van der Waals surface area contributed by atoms with Gasteiger partial charge in [-0.3, -0.25) is 9.36 Å². The van der Waals surface area contributed by atoms with Crippen LogP contribution in [-0.4, -0.2) is 51.4 Å². The zero-order chi connectivity index (χ0) is 17.5. The maximum Gasteiger partial charge on any atom is 0.793 e. The Labute approximate surface area is 132 Å². The van der Waals surface area contributed by atoms with E-state index < -0.39 is 38.7 Å². The monoisotopic (exact) mass is 348 g/mol. The van der Waals surface area contributed by atoms with Crippen molar-refractivity contribution >= 4 is 32.8 Å². The summed E-state index contributed by atoms with van der Waals surface area (Å²) in [5.41, 5.74) is 0. The second-order valence-electron chi connectivity index (χ2n) is 3.82. The lowest BCUT2D eigenvalue weighted by Gasteiger charge is -2.19. The second kappa shape index (κ2) is 8.63. The van der Waals surface area contributed by atoms with Crippen molar-refractivity contribution in [1.82, 2.24) is 0 Å². The molecule has 12 heteroatoms. The molecule has 1 aliphatic rings. The summed E-state index contributed by atoms with van der Waals surface area (Å²) >= 11 is 0. The van der Waals surface area contributed by atoms with Crippen LogP contribution in [0.4, 0.5) is 0 Å². The standard InChI is InChI=1S/C11H14BO10P/c1-4-6-18-23(16,19-7-5-2)11-10(15)21-12(22-11)20-9(14)8(13)17-3/h4-5,11H,1-2,6-7H2,3H3. The maximum absolute atomic E-state index is 12.6. The Morgan fingerprint density at radius 2 is 1.83 bits per heavy atom. The van der Waals surface area contributed by atoms with Gasteiger partial charge in [0.2, 0.25) is 5.85 Å². The van der Waals surface area contributed by atoms with Crippen LogP contribution in [0, 0.1) is 0 Å². The molecule has 1 atom stereocenters. The van der Waals surface area contributed by atoms with Gasteiger partial charge in [0.1, 0.15) is 0 Å². The Kier molecular flexibility index (Phi) is 7.17. The summed E-state index contributed by atoms with van der Waals surface area (Å²) < 4.78 is 40.5. The van der Waals surface area contributed by atoms with Gasteiger partial charge in [-0.2, -0.15) is 0 Å². The highest BCUT2D eigenvalue weighted by atomic mass is 31.2. The van der Waals surface area contributed by atoms with Crippen LogP contribution in [0.2, 0.25) is 0 Å². The molecule has 126 valence electrons. The number of methoxy groups -OCH3 is 1. The molecule has 0 saturated carbocycles. The molecule has 23 heavy (non-hydrogen) atoms. The Morgan fingerprint density at radius 1 is 1.26 bits per heavy atom. The van der Waals surface area contributed by atoms with Gasteiger partial charge in [0.25, 0.3) is 0 Å². The fourth-order valence-corrected chi connectivity index (χ4v) is 2.84. The number of hydrogen-bond donors (Lipinski definition) is 0. The smallest absolute Gasteiger partial charge is 0.471 e. The van der Waals surface area contributed by atoms with Crippen LogP contribution in [0.1, 0.15) is 0 Å². The number of esters is 1. The van der Waals surface area contributed by atoms with Crippen LogP contribution < -0.4 is 0 Å². The van der Waals surface area contributed by atoms with Gasteiger partial charge in [0.05, 0.1) is 20.3 Å². The van der Waals surface area contributed by atoms with Crippen molar-refractivity contribution in [3.8, 4) is 0 Å². The van der Waals surface area contributed by atoms with Crippen LogP contribution in [0.5, 0.6) is 0 Å². The minimum absolute atomic E-state index is 0.200. The van der Waals surface area contributed by atoms with Crippen molar-refractivity contribution in [2.45, 2.75) is 5.85 Å². The first kappa shape index (κ1) is 19.1. The number of carbonyl (C=O) groups is 3. The van der Waals surface area contributed by atoms with Gasteiger partial charge in [0, 0.05) is 0 Å². The lowest BCUT2D eigenvalue weighted by atomic mass is 10.2. The largest absolute Gasteiger partial charge is 0.793 e. The third kappa shape index (κ3) is 5.03. The molecule has 0 aromatic carbocycles. The first-order chi connectivity index (χ1) is 10.9. The van der Waals surface area contributed by atoms with Crippen LogP contribution in [0.15, 0.2) is 25.3 Å². The van der Waals surface area contributed by atoms with E-state index in [4.69, 9.17) is 13.7 Å². The lowest BCUT2D eigenvalue weighted by molar-refractivity contribution is -0.161. The molecule has 10 nitrogen and oxygen atoms in total. The van der Waals surface area contributed by atoms with E-state index in [1.165, 1.54) is 12.2 Å². The molecule has 0 bridgehead atoms. The summed E-state index contributed by atoms with van der Waals surface area (Å²) in [6, 6.07) is 0. The predicted octanol–water partition coefficient (Wildman–Crippen LogP) is 0.185. The van der Waals surface area contributed by atoms with Crippen molar-refractivity contribution in [1.29, 1.82) is 0 Å². The summed E-state index contributed by atoms with van der Waals surface area (Å²) in [7, 11) is -5.04. The van der Waals surface area contributed by atoms with Gasteiger partial charge < -0.3 is 27.7 Å². The molecule has 0 spiro atoms. The third-order valence-corrected chi connectivity index (χ3v) is 4.17. The molecule has 1 unspecified atom stereocenters. The summed E-state index contributed by atoms with van der Waals surface area (Å²) in [5, 5.41) is 0. The van der Waals surface area contributed by atoms with Crippen LogP contribution in [0.3, 0.4) is 0 Å². The fourth-order valence-electron chi connectivity index (χ4n) is 1.30. The lowest BCUT2D eigenvalue weighted by Crippen LogP contribution is -2.30. The Morgan fingerprint density at radius 3 is 2.30 bits per heavy atom. The summed E-state index contributed by atoms with van der Waals surface area (Å²) in [6.07, 6.45) is 2.55. The summed E-state index contributed by atoms with van der Waals surface area (Å²) in [6.45, 7) is 6.35. The molecule has 1 fully saturated rings. The van der Waals surface area contributed by atoms with E-state index in [0.29, 0.717) is 0 Å². The number of ether oxygens (including phenoxy) is 1. The average Bonchev–Trinajstić information content (AvgIpc) is 2.91. The molecular weight excluding hydrogens is 334 g/mol. The van der Waals surface area contributed by atoms with Crippen molar-refractivity contribution in [2.75, 3.05) is 20.3 Å². The topological polar surface area (TPSA) is 124 Å². The van der Waals surface area contributed by atoms with Gasteiger partial charge in [-0.25, -0.2) is 9.59 Å². The van der Waals surface area contributed by atoms with Gasteiger partial charge in [0.15, 0.2) is 0 Å². The Bertz CT molecular complexity index is 531. The van der Waals surface area contributed by atoms with Crippen molar-refractivity contribution in [3.05, 3.63) is 25.3 Å². The third-order valence-electron chi connectivity index (χ3n) is 2.24. The number of carbonyl (C=O) groups excluding carboxylic acids is 3. The molecule has 1 heterocycles. The highest BCUT2D eigenvalue weighted by Crippen LogP contribution is 2.55. The van der Waals surface area contributed by atoms with Crippen molar-refractivity contribution in [2.24, 2.45) is 0 Å². The van der Waals surface area contributed by atoms with Gasteiger partial charge >= 0.3 is 32.8 Å². The van der Waals surface area contributed by atoms with Crippen molar-refractivity contribution in [3.63, 3.8) is 0 Å².